The quantitative estimate of drug-likeness (QED) is 0.727. The molecular formula is C11H16N4O3. The van der Waals surface area contributed by atoms with Crippen LogP contribution in [0.15, 0.2) is 18.6 Å². The molecule has 7 heteroatoms. The molecule has 1 rings (SSSR count). The summed E-state index contributed by atoms with van der Waals surface area (Å²) in [5, 5.41) is 13.4. The van der Waals surface area contributed by atoms with E-state index < -0.39 is 18.0 Å². The van der Waals surface area contributed by atoms with Crippen LogP contribution in [0, 0.1) is 5.92 Å². The van der Waals surface area contributed by atoms with Gasteiger partial charge in [0.05, 0.1) is 6.20 Å². The fourth-order valence-corrected chi connectivity index (χ4v) is 1.43. The van der Waals surface area contributed by atoms with Crippen molar-refractivity contribution in [3.63, 3.8) is 0 Å². The molecule has 0 fully saturated rings. The summed E-state index contributed by atoms with van der Waals surface area (Å²) in [5.41, 5.74) is 0. The van der Waals surface area contributed by atoms with Crippen molar-refractivity contribution in [1.29, 1.82) is 0 Å². The van der Waals surface area contributed by atoms with Crippen LogP contribution in [0.25, 0.3) is 0 Å². The van der Waals surface area contributed by atoms with Crippen molar-refractivity contribution >= 4 is 17.8 Å². The number of hydrogen-bond acceptors (Lipinski definition) is 4. The Labute approximate surface area is 105 Å². The predicted octanol–water partition coefficient (Wildman–Crippen LogP) is 1.10. The summed E-state index contributed by atoms with van der Waals surface area (Å²) < 4.78 is 0. The van der Waals surface area contributed by atoms with Crippen molar-refractivity contribution in [2.24, 2.45) is 5.92 Å². The Bertz CT molecular complexity index is 408. The third kappa shape index (κ3) is 4.77. The first-order chi connectivity index (χ1) is 8.49. The first kappa shape index (κ1) is 13.9. The Morgan fingerprint density at radius 2 is 2.11 bits per heavy atom. The second kappa shape index (κ2) is 6.53. The van der Waals surface area contributed by atoms with Gasteiger partial charge >= 0.3 is 6.09 Å². The number of rotatable bonds is 5. The van der Waals surface area contributed by atoms with E-state index in [1.807, 2.05) is 13.8 Å². The van der Waals surface area contributed by atoms with Crippen molar-refractivity contribution in [2.45, 2.75) is 26.3 Å². The molecule has 0 aromatic carbocycles. The highest BCUT2D eigenvalue weighted by Crippen LogP contribution is 2.07. The van der Waals surface area contributed by atoms with E-state index in [4.69, 9.17) is 5.11 Å². The van der Waals surface area contributed by atoms with Gasteiger partial charge in [0.15, 0.2) is 5.82 Å². The second-order valence-corrected chi connectivity index (χ2v) is 4.21. The van der Waals surface area contributed by atoms with Gasteiger partial charge in [-0.15, -0.1) is 0 Å². The van der Waals surface area contributed by atoms with Gasteiger partial charge in [-0.2, -0.15) is 0 Å². The lowest BCUT2D eigenvalue weighted by atomic mass is 10.0. The summed E-state index contributed by atoms with van der Waals surface area (Å²) in [6.45, 7) is 3.82. The van der Waals surface area contributed by atoms with E-state index in [1.54, 1.807) is 0 Å². The fourth-order valence-electron chi connectivity index (χ4n) is 1.43. The molecule has 0 aliphatic heterocycles. The Kier molecular flexibility index (Phi) is 5.04. The maximum absolute atomic E-state index is 11.9. The van der Waals surface area contributed by atoms with Crippen molar-refractivity contribution in [3.8, 4) is 0 Å². The number of carbonyl (C=O) groups is 2. The van der Waals surface area contributed by atoms with E-state index in [1.165, 1.54) is 18.6 Å². The molecule has 18 heavy (non-hydrogen) atoms. The molecule has 1 unspecified atom stereocenters. The summed E-state index contributed by atoms with van der Waals surface area (Å²) in [7, 11) is 0. The third-order valence-electron chi connectivity index (χ3n) is 2.14. The maximum Gasteiger partial charge on any atom is 0.405 e. The van der Waals surface area contributed by atoms with Gasteiger partial charge in [-0.05, 0) is 12.3 Å². The van der Waals surface area contributed by atoms with Crippen molar-refractivity contribution < 1.29 is 14.7 Å². The van der Waals surface area contributed by atoms with Crippen LogP contribution in [0.4, 0.5) is 10.6 Å². The average Bonchev–Trinajstić information content (AvgIpc) is 2.28. The van der Waals surface area contributed by atoms with Crippen LogP contribution in [-0.4, -0.2) is 33.1 Å². The van der Waals surface area contributed by atoms with Gasteiger partial charge in [0.2, 0.25) is 5.91 Å². The number of carboxylic acid groups (broad SMARTS) is 1. The Hall–Kier alpha value is -2.18. The van der Waals surface area contributed by atoms with Crippen LogP contribution in [-0.2, 0) is 4.79 Å². The summed E-state index contributed by atoms with van der Waals surface area (Å²) in [6, 6.07) is -0.801. The molecule has 0 radical (unpaired) electrons. The average molecular weight is 252 g/mol. The van der Waals surface area contributed by atoms with Crippen LogP contribution >= 0.6 is 0 Å². The molecule has 1 atom stereocenters. The van der Waals surface area contributed by atoms with Crippen LogP contribution in [0.5, 0.6) is 0 Å². The standard InChI is InChI=1S/C11H16N4O3/c1-7(2)5-8(14-11(17)18)10(16)15-9-6-12-3-4-13-9/h3-4,6-8,14H,5H2,1-2H3,(H,17,18)(H,13,15,16). The molecule has 0 bridgehead atoms. The molecule has 1 heterocycles. The van der Waals surface area contributed by atoms with Crippen LogP contribution < -0.4 is 10.6 Å². The summed E-state index contributed by atoms with van der Waals surface area (Å²) in [4.78, 5) is 30.2. The van der Waals surface area contributed by atoms with Gasteiger partial charge in [0, 0.05) is 12.4 Å². The molecule has 0 aliphatic rings. The minimum Gasteiger partial charge on any atom is -0.465 e. The smallest absolute Gasteiger partial charge is 0.405 e. The van der Waals surface area contributed by atoms with Crippen molar-refractivity contribution in [1.82, 2.24) is 15.3 Å². The lowest BCUT2D eigenvalue weighted by Gasteiger charge is -2.17. The number of nitrogens with one attached hydrogen (secondary N) is 2. The van der Waals surface area contributed by atoms with E-state index in [9.17, 15) is 9.59 Å². The highest BCUT2D eigenvalue weighted by Gasteiger charge is 2.21. The van der Waals surface area contributed by atoms with E-state index in [-0.39, 0.29) is 5.92 Å². The molecular weight excluding hydrogens is 236 g/mol. The zero-order valence-corrected chi connectivity index (χ0v) is 10.3. The van der Waals surface area contributed by atoms with Crippen molar-refractivity contribution in [2.75, 3.05) is 5.32 Å². The SMILES string of the molecule is CC(C)CC(NC(=O)O)C(=O)Nc1cnccn1. The molecule has 7 nitrogen and oxygen atoms in total. The van der Waals surface area contributed by atoms with Crippen LogP contribution in [0.1, 0.15) is 20.3 Å². The Balaban J connectivity index is 2.67. The summed E-state index contributed by atoms with van der Waals surface area (Å²) >= 11 is 0. The largest absolute Gasteiger partial charge is 0.465 e. The first-order valence-corrected chi connectivity index (χ1v) is 5.55. The molecule has 0 saturated carbocycles. The number of amides is 2. The van der Waals surface area contributed by atoms with Gasteiger partial charge < -0.3 is 15.7 Å². The number of hydrogen-bond donors (Lipinski definition) is 3. The number of anilines is 1. The number of nitrogens with zero attached hydrogens (tertiary/aromatic N) is 2. The first-order valence-electron chi connectivity index (χ1n) is 5.55. The number of aromatic nitrogens is 2. The normalized spacial score (nSPS) is 11.9. The van der Waals surface area contributed by atoms with Gasteiger partial charge in [0.1, 0.15) is 6.04 Å². The minimum atomic E-state index is -1.23. The highest BCUT2D eigenvalue weighted by atomic mass is 16.4. The molecule has 2 amide bonds. The van der Waals surface area contributed by atoms with Gasteiger partial charge in [0.25, 0.3) is 0 Å². The molecule has 0 spiro atoms. The molecule has 1 aromatic rings. The zero-order chi connectivity index (χ0) is 13.5. The monoisotopic (exact) mass is 252 g/mol. The van der Waals surface area contributed by atoms with E-state index in [0.29, 0.717) is 12.2 Å². The Morgan fingerprint density at radius 1 is 1.39 bits per heavy atom. The Morgan fingerprint density at radius 3 is 2.61 bits per heavy atom. The van der Waals surface area contributed by atoms with Gasteiger partial charge in [-0.25, -0.2) is 9.78 Å². The molecule has 1 aromatic heterocycles. The summed E-state index contributed by atoms with van der Waals surface area (Å²) in [5.74, 6) is 0.0458. The van der Waals surface area contributed by atoms with Crippen molar-refractivity contribution in [3.05, 3.63) is 18.6 Å². The lowest BCUT2D eigenvalue weighted by Crippen LogP contribution is -2.44. The van der Waals surface area contributed by atoms with Gasteiger partial charge in [-0.3, -0.25) is 9.78 Å². The van der Waals surface area contributed by atoms with E-state index >= 15 is 0 Å². The van der Waals surface area contributed by atoms with Crippen LogP contribution in [0.3, 0.4) is 0 Å². The molecule has 0 saturated heterocycles. The fraction of sp³-hybridized carbons (Fsp3) is 0.455. The third-order valence-corrected chi connectivity index (χ3v) is 2.14. The molecule has 3 N–H and O–H groups in total. The maximum atomic E-state index is 11.9. The predicted molar refractivity (Wildman–Crippen MR) is 65.1 cm³/mol. The van der Waals surface area contributed by atoms with E-state index in [0.717, 1.165) is 0 Å². The minimum absolute atomic E-state index is 0.189. The molecule has 0 aliphatic carbocycles. The second-order valence-electron chi connectivity index (χ2n) is 4.21. The lowest BCUT2D eigenvalue weighted by molar-refractivity contribution is -0.118. The van der Waals surface area contributed by atoms with Crippen LogP contribution in [0.2, 0.25) is 0 Å². The topological polar surface area (TPSA) is 104 Å². The van der Waals surface area contributed by atoms with Gasteiger partial charge in [-0.1, -0.05) is 13.8 Å². The zero-order valence-electron chi connectivity index (χ0n) is 10.3. The van der Waals surface area contributed by atoms with E-state index in [2.05, 4.69) is 20.6 Å². The number of carbonyl (C=O) groups excluding carboxylic acids is 1. The highest BCUT2D eigenvalue weighted by molar-refractivity contribution is 5.95. The molecule has 98 valence electrons. The summed E-state index contributed by atoms with van der Waals surface area (Å²) in [6.07, 6.45) is 3.51.